The topological polar surface area (TPSA) is 12.9 Å². The summed E-state index contributed by atoms with van der Waals surface area (Å²) in [5, 5.41) is 0. The van der Waals surface area contributed by atoms with Crippen LogP contribution < -0.4 is 0 Å². The van der Waals surface area contributed by atoms with Gasteiger partial charge in [0.15, 0.2) is 0 Å². The molecule has 0 aliphatic heterocycles. The molecule has 1 nitrogen and oxygen atoms in total. The van der Waals surface area contributed by atoms with Gasteiger partial charge in [0.2, 0.25) is 0 Å². The first-order valence-electron chi connectivity index (χ1n) is 2.26. The largest absolute Gasteiger partial charge is 0.265 e. The predicted octanol–water partition coefficient (Wildman–Crippen LogP) is 1.08. The zero-order chi connectivity index (χ0) is 5.11. The maximum absolute atomic E-state index is 6.93. The van der Waals surface area contributed by atoms with E-state index in [0.29, 0.717) is 6.04 Å². The molecule has 6 heavy (non-hydrogen) atoms. The van der Waals surface area contributed by atoms with Gasteiger partial charge >= 0.3 is 0 Å². The molecule has 0 amide bonds. The van der Waals surface area contributed by atoms with Crippen molar-refractivity contribution in [3.63, 3.8) is 0 Å². The van der Waals surface area contributed by atoms with Gasteiger partial charge in [-0.25, -0.2) is 0 Å². The van der Waals surface area contributed by atoms with E-state index in [1.54, 1.807) is 18.3 Å². The van der Waals surface area contributed by atoms with Gasteiger partial charge in [0.25, 0.3) is 0 Å². The Balaban J connectivity index is 3.02. The minimum atomic E-state index is 0.461. The van der Waals surface area contributed by atoms with Gasteiger partial charge in [-0.2, -0.15) is 0 Å². The summed E-state index contributed by atoms with van der Waals surface area (Å²) in [5.74, 6) is 0. The van der Waals surface area contributed by atoms with Crippen LogP contribution in [0.15, 0.2) is 30.6 Å². The molecule has 30 valence electrons. The van der Waals surface area contributed by atoms with Gasteiger partial charge in [-0.05, 0) is 12.1 Å². The van der Waals surface area contributed by atoms with E-state index in [2.05, 4.69) is 4.98 Å². The zero-order valence-corrected chi connectivity index (χ0v) is 3.26. The second kappa shape index (κ2) is 1.55. The fraction of sp³-hybridized carbons (Fsp3) is 0. The maximum Gasteiger partial charge on any atom is 0.0639 e. The molecule has 1 heterocycles. The molecule has 0 unspecified atom stereocenters. The summed E-state index contributed by atoms with van der Waals surface area (Å²) in [5.41, 5.74) is 0. The maximum atomic E-state index is 6.93. The van der Waals surface area contributed by atoms with Crippen LogP contribution in [0.2, 0.25) is 0 Å². The third kappa shape index (κ3) is 0.549. The van der Waals surface area contributed by atoms with Crippen LogP contribution >= 0.6 is 0 Å². The Morgan fingerprint density at radius 2 is 2.33 bits per heavy atom. The Kier molecular flexibility index (Phi) is 0.607. The smallest absolute Gasteiger partial charge is 0.0639 e. The summed E-state index contributed by atoms with van der Waals surface area (Å²) >= 11 is 0. The van der Waals surface area contributed by atoms with Crippen LogP contribution in [0, 0.1) is 0 Å². The van der Waals surface area contributed by atoms with E-state index < -0.39 is 0 Å². The van der Waals surface area contributed by atoms with Gasteiger partial charge < -0.3 is 0 Å². The van der Waals surface area contributed by atoms with Crippen molar-refractivity contribution in [1.29, 1.82) is 0 Å². The first kappa shape index (κ1) is 2.35. The summed E-state index contributed by atoms with van der Waals surface area (Å²) in [6.45, 7) is 0. The second-order valence-electron chi connectivity index (χ2n) is 0.953. The highest BCUT2D eigenvalue weighted by atomic mass is 14.6. The van der Waals surface area contributed by atoms with Gasteiger partial charge in [0.05, 0.1) is 1.37 Å². The fourth-order valence-electron chi connectivity index (χ4n) is 0.277. The molecule has 0 fully saturated rings. The molecular formula is C5H5N. The molecule has 0 aromatic carbocycles. The summed E-state index contributed by atoms with van der Waals surface area (Å²) in [4.78, 5) is 3.70. The average Bonchev–Trinajstić information content (AvgIpc) is 1.69. The van der Waals surface area contributed by atoms with Crippen molar-refractivity contribution in [2.45, 2.75) is 0 Å². The predicted molar refractivity (Wildman–Crippen MR) is 24.2 cm³/mol. The van der Waals surface area contributed by atoms with Gasteiger partial charge in [-0.3, -0.25) is 4.98 Å². The molecule has 0 atom stereocenters. The number of nitrogens with zero attached hydrogens (tertiary/aromatic N) is 1. The van der Waals surface area contributed by atoms with Crippen LogP contribution in [0.4, 0.5) is 0 Å². The highest BCUT2D eigenvalue weighted by Gasteiger charge is 1.58. The van der Waals surface area contributed by atoms with Crippen molar-refractivity contribution < 1.29 is 1.37 Å². The van der Waals surface area contributed by atoms with Gasteiger partial charge in [0.1, 0.15) is 0 Å². The molecule has 1 aromatic heterocycles. The molecule has 0 aliphatic rings. The summed E-state index contributed by atoms with van der Waals surface area (Å²) in [6.07, 6.45) is 3.15. The minimum absolute atomic E-state index is 0.461. The van der Waals surface area contributed by atoms with Gasteiger partial charge in [-0.15, -0.1) is 0 Å². The Hall–Kier alpha value is -0.850. The molecule has 0 aliphatic carbocycles. The van der Waals surface area contributed by atoms with E-state index in [4.69, 9.17) is 1.37 Å². The molecule has 0 spiro atoms. The van der Waals surface area contributed by atoms with Gasteiger partial charge in [-0.1, -0.05) is 6.07 Å². The standard InChI is InChI=1S/C5H5N/c1-2-4-6-5-3-1/h1-5H/i2D. The average molecular weight is 80.1 g/mol. The fourth-order valence-corrected chi connectivity index (χ4v) is 0.277. The summed E-state index contributed by atoms with van der Waals surface area (Å²) in [7, 11) is 0. The number of hydrogen-bond donors (Lipinski definition) is 0. The van der Waals surface area contributed by atoms with E-state index in [9.17, 15) is 0 Å². The lowest BCUT2D eigenvalue weighted by molar-refractivity contribution is 1.33. The summed E-state index contributed by atoms with van der Waals surface area (Å²) in [6, 6.07) is 3.89. The van der Waals surface area contributed by atoms with Crippen molar-refractivity contribution >= 4 is 0 Å². The van der Waals surface area contributed by atoms with Crippen LogP contribution in [0.1, 0.15) is 1.37 Å². The Morgan fingerprint density at radius 1 is 1.33 bits per heavy atom. The molecule has 0 saturated carbocycles. The van der Waals surface area contributed by atoms with Crippen molar-refractivity contribution in [3.05, 3.63) is 30.6 Å². The van der Waals surface area contributed by atoms with Crippen molar-refractivity contribution in [2.24, 2.45) is 0 Å². The second-order valence-corrected chi connectivity index (χ2v) is 0.953. The molecule has 0 bridgehead atoms. The van der Waals surface area contributed by atoms with Crippen LogP contribution in [0.25, 0.3) is 0 Å². The molecule has 0 N–H and O–H groups in total. The third-order valence-corrected chi connectivity index (χ3v) is 0.514. The first-order valence-corrected chi connectivity index (χ1v) is 1.76. The number of aromatic nitrogens is 1. The first-order chi connectivity index (χ1) is 3.39. The van der Waals surface area contributed by atoms with Crippen molar-refractivity contribution in [1.82, 2.24) is 4.98 Å². The Labute approximate surface area is 38.1 Å². The molecule has 0 radical (unpaired) electrons. The van der Waals surface area contributed by atoms with Gasteiger partial charge in [0, 0.05) is 12.4 Å². The number of rotatable bonds is 0. The van der Waals surface area contributed by atoms with E-state index in [0.717, 1.165) is 0 Å². The summed E-state index contributed by atoms with van der Waals surface area (Å²) < 4.78 is 6.93. The Bertz CT molecular complexity index is 138. The third-order valence-electron chi connectivity index (χ3n) is 0.514. The number of hydrogen-bond acceptors (Lipinski definition) is 1. The van der Waals surface area contributed by atoms with E-state index in [-0.39, 0.29) is 0 Å². The van der Waals surface area contributed by atoms with Crippen molar-refractivity contribution in [3.8, 4) is 0 Å². The zero-order valence-electron chi connectivity index (χ0n) is 4.26. The molecule has 1 rings (SSSR count). The highest BCUT2D eigenvalue weighted by Crippen LogP contribution is 1.73. The highest BCUT2D eigenvalue weighted by molar-refractivity contribution is 4.88. The normalized spacial score (nSPS) is 10.3. The lowest BCUT2D eigenvalue weighted by atomic mass is 10.5. The lowest BCUT2D eigenvalue weighted by Crippen LogP contribution is -1.58. The van der Waals surface area contributed by atoms with Crippen LogP contribution in [0.5, 0.6) is 0 Å². The van der Waals surface area contributed by atoms with E-state index >= 15 is 0 Å². The molecule has 0 saturated heterocycles. The SMILES string of the molecule is [2H]c1cccnc1. The molecule has 1 aromatic rings. The van der Waals surface area contributed by atoms with E-state index in [1.807, 2.05) is 0 Å². The molecular weight excluding hydrogens is 74.1 g/mol. The lowest BCUT2D eigenvalue weighted by Gasteiger charge is -1.70. The monoisotopic (exact) mass is 80.0 g/mol. The van der Waals surface area contributed by atoms with Crippen LogP contribution in [-0.4, -0.2) is 4.98 Å². The van der Waals surface area contributed by atoms with Crippen LogP contribution in [0.3, 0.4) is 0 Å². The van der Waals surface area contributed by atoms with Crippen LogP contribution in [-0.2, 0) is 0 Å². The quantitative estimate of drug-likeness (QED) is 0.454. The minimum Gasteiger partial charge on any atom is -0.265 e. The van der Waals surface area contributed by atoms with Crippen molar-refractivity contribution in [2.75, 3.05) is 0 Å². The van der Waals surface area contributed by atoms with E-state index in [1.165, 1.54) is 6.20 Å². The molecule has 1 heteroatoms. The Morgan fingerprint density at radius 3 is 2.67 bits per heavy atom. The number of pyridine rings is 1.